The molecule has 1 atom stereocenters. The number of carboxylic acids is 1. The van der Waals surface area contributed by atoms with E-state index in [2.05, 4.69) is 5.32 Å². The second-order valence-corrected chi connectivity index (χ2v) is 5.35. The van der Waals surface area contributed by atoms with E-state index in [1.54, 1.807) is 24.3 Å². The lowest BCUT2D eigenvalue weighted by Gasteiger charge is -2.26. The summed E-state index contributed by atoms with van der Waals surface area (Å²) in [5.41, 5.74) is 0.443. The van der Waals surface area contributed by atoms with Gasteiger partial charge >= 0.3 is 5.97 Å². The monoisotopic (exact) mass is 291 g/mol. The highest BCUT2D eigenvalue weighted by Crippen LogP contribution is 2.25. The lowest BCUT2D eigenvalue weighted by atomic mass is 9.96. The predicted molar refractivity (Wildman–Crippen MR) is 78.5 cm³/mol. The van der Waals surface area contributed by atoms with Crippen LogP contribution in [0.4, 0.5) is 0 Å². The molecule has 0 bridgehead atoms. The molecule has 5 nitrogen and oxygen atoms in total. The van der Waals surface area contributed by atoms with Crippen LogP contribution in [0, 0.1) is 0 Å². The molecule has 0 aromatic heterocycles. The van der Waals surface area contributed by atoms with Crippen molar-refractivity contribution in [2.75, 3.05) is 0 Å². The van der Waals surface area contributed by atoms with Crippen LogP contribution in [-0.2, 0) is 4.79 Å². The number of carbonyl (C=O) groups excluding carboxylic acids is 1. The molecule has 1 saturated carbocycles. The van der Waals surface area contributed by atoms with Gasteiger partial charge in [0.15, 0.2) is 0 Å². The summed E-state index contributed by atoms with van der Waals surface area (Å²) < 4.78 is 5.72. The van der Waals surface area contributed by atoms with Gasteiger partial charge in [-0.1, -0.05) is 13.3 Å². The molecule has 1 aromatic carbocycles. The first-order valence-corrected chi connectivity index (χ1v) is 7.40. The van der Waals surface area contributed by atoms with Crippen LogP contribution in [-0.4, -0.2) is 29.1 Å². The van der Waals surface area contributed by atoms with Gasteiger partial charge in [0.05, 0.1) is 6.10 Å². The third-order valence-corrected chi connectivity index (χ3v) is 3.65. The zero-order chi connectivity index (χ0) is 15.2. The van der Waals surface area contributed by atoms with E-state index in [9.17, 15) is 9.59 Å². The lowest BCUT2D eigenvalue weighted by Crippen LogP contribution is -2.40. The highest BCUT2D eigenvalue weighted by atomic mass is 16.5. The topological polar surface area (TPSA) is 75.6 Å². The van der Waals surface area contributed by atoms with Gasteiger partial charge in [0.1, 0.15) is 11.8 Å². The molecule has 1 amide bonds. The van der Waals surface area contributed by atoms with Crippen LogP contribution in [0.15, 0.2) is 24.3 Å². The maximum atomic E-state index is 12.0. The minimum Gasteiger partial charge on any atom is -0.490 e. The molecule has 2 N–H and O–H groups in total. The van der Waals surface area contributed by atoms with Crippen molar-refractivity contribution >= 4 is 11.9 Å². The third kappa shape index (κ3) is 4.21. The number of aliphatic carboxylic acids is 1. The Morgan fingerprint density at radius 3 is 2.48 bits per heavy atom. The standard InChI is InChI=1S/C16H21NO4/c1-2-4-14(16(19)20)17-15(18)11-7-9-13(10-8-11)21-12-5-3-6-12/h7-10,12,14H,2-6H2,1H3,(H,17,18)(H,19,20). The maximum Gasteiger partial charge on any atom is 0.326 e. The molecule has 114 valence electrons. The Balaban J connectivity index is 1.93. The molecule has 0 radical (unpaired) electrons. The molecule has 2 rings (SSSR count). The first kappa shape index (κ1) is 15.4. The van der Waals surface area contributed by atoms with Gasteiger partial charge in [0, 0.05) is 5.56 Å². The van der Waals surface area contributed by atoms with E-state index in [0.717, 1.165) is 18.6 Å². The summed E-state index contributed by atoms with van der Waals surface area (Å²) >= 11 is 0. The Morgan fingerprint density at radius 1 is 1.33 bits per heavy atom. The lowest BCUT2D eigenvalue weighted by molar-refractivity contribution is -0.139. The third-order valence-electron chi connectivity index (χ3n) is 3.65. The Morgan fingerprint density at radius 2 is 2.00 bits per heavy atom. The molecule has 1 aliphatic rings. The molecule has 5 heteroatoms. The fourth-order valence-electron chi connectivity index (χ4n) is 2.15. The summed E-state index contributed by atoms with van der Waals surface area (Å²) in [6.45, 7) is 1.88. The average molecular weight is 291 g/mol. The molecular formula is C16H21NO4. The zero-order valence-electron chi connectivity index (χ0n) is 12.2. The van der Waals surface area contributed by atoms with Crippen molar-refractivity contribution in [1.82, 2.24) is 5.32 Å². The first-order valence-electron chi connectivity index (χ1n) is 7.40. The Bertz CT molecular complexity index is 494. The predicted octanol–water partition coefficient (Wildman–Crippen LogP) is 2.60. The molecule has 1 fully saturated rings. The number of nitrogens with one attached hydrogen (secondary N) is 1. The quantitative estimate of drug-likeness (QED) is 0.809. The van der Waals surface area contributed by atoms with Gasteiger partial charge in [-0.15, -0.1) is 0 Å². The summed E-state index contributed by atoms with van der Waals surface area (Å²) in [6, 6.07) is 5.99. The van der Waals surface area contributed by atoms with Crippen LogP contribution in [0.2, 0.25) is 0 Å². The van der Waals surface area contributed by atoms with Crippen molar-refractivity contribution in [3.05, 3.63) is 29.8 Å². The number of rotatable bonds is 7. The van der Waals surface area contributed by atoms with E-state index in [-0.39, 0.29) is 5.91 Å². The Hall–Kier alpha value is -2.04. The van der Waals surface area contributed by atoms with E-state index < -0.39 is 12.0 Å². The Labute approximate surface area is 124 Å². The summed E-state index contributed by atoms with van der Waals surface area (Å²) in [4.78, 5) is 23.1. The van der Waals surface area contributed by atoms with Crippen LogP contribution in [0.25, 0.3) is 0 Å². The fourth-order valence-corrected chi connectivity index (χ4v) is 2.15. The number of carboxylic acid groups (broad SMARTS) is 1. The summed E-state index contributed by atoms with van der Waals surface area (Å²) in [5, 5.41) is 11.6. The van der Waals surface area contributed by atoms with Gasteiger partial charge in [-0.05, 0) is 49.9 Å². The number of amides is 1. The maximum absolute atomic E-state index is 12.0. The van der Waals surface area contributed by atoms with E-state index in [1.807, 2.05) is 6.92 Å². The molecule has 0 aliphatic heterocycles. The minimum atomic E-state index is -1.00. The van der Waals surface area contributed by atoms with Crippen molar-refractivity contribution in [2.45, 2.75) is 51.2 Å². The van der Waals surface area contributed by atoms with E-state index in [4.69, 9.17) is 9.84 Å². The molecule has 1 aromatic rings. The van der Waals surface area contributed by atoms with E-state index in [1.165, 1.54) is 6.42 Å². The van der Waals surface area contributed by atoms with Gasteiger partial charge in [0.2, 0.25) is 0 Å². The van der Waals surface area contributed by atoms with Crippen molar-refractivity contribution in [1.29, 1.82) is 0 Å². The highest BCUT2D eigenvalue weighted by molar-refractivity contribution is 5.96. The first-order chi connectivity index (χ1) is 10.1. The van der Waals surface area contributed by atoms with Gasteiger partial charge in [-0.3, -0.25) is 4.79 Å². The van der Waals surface area contributed by atoms with Crippen LogP contribution >= 0.6 is 0 Å². The molecule has 1 unspecified atom stereocenters. The number of carbonyl (C=O) groups is 2. The van der Waals surface area contributed by atoms with Gasteiger partial charge in [-0.25, -0.2) is 4.79 Å². The smallest absolute Gasteiger partial charge is 0.326 e. The molecular weight excluding hydrogens is 270 g/mol. The van der Waals surface area contributed by atoms with Crippen molar-refractivity contribution < 1.29 is 19.4 Å². The molecule has 0 saturated heterocycles. The average Bonchev–Trinajstić information content (AvgIpc) is 2.43. The van der Waals surface area contributed by atoms with Crippen LogP contribution < -0.4 is 10.1 Å². The number of hydrogen-bond donors (Lipinski definition) is 2. The number of hydrogen-bond acceptors (Lipinski definition) is 3. The Kier molecular flexibility index (Phi) is 5.20. The fraction of sp³-hybridized carbons (Fsp3) is 0.500. The number of ether oxygens (including phenoxy) is 1. The second kappa shape index (κ2) is 7.11. The van der Waals surface area contributed by atoms with Gasteiger partial charge < -0.3 is 15.2 Å². The van der Waals surface area contributed by atoms with Crippen molar-refractivity contribution in [3.63, 3.8) is 0 Å². The van der Waals surface area contributed by atoms with Gasteiger partial charge in [-0.2, -0.15) is 0 Å². The molecule has 0 heterocycles. The van der Waals surface area contributed by atoms with Gasteiger partial charge in [0.25, 0.3) is 5.91 Å². The highest BCUT2D eigenvalue weighted by Gasteiger charge is 2.21. The summed E-state index contributed by atoms with van der Waals surface area (Å²) in [7, 11) is 0. The van der Waals surface area contributed by atoms with Crippen LogP contribution in [0.3, 0.4) is 0 Å². The zero-order valence-corrected chi connectivity index (χ0v) is 12.2. The molecule has 1 aliphatic carbocycles. The van der Waals surface area contributed by atoms with Crippen molar-refractivity contribution in [3.8, 4) is 5.75 Å². The summed E-state index contributed by atoms with van der Waals surface area (Å²) in [6.07, 6.45) is 4.79. The van der Waals surface area contributed by atoms with Crippen LogP contribution in [0.1, 0.15) is 49.4 Å². The normalized spacial score (nSPS) is 15.9. The van der Waals surface area contributed by atoms with E-state index >= 15 is 0 Å². The second-order valence-electron chi connectivity index (χ2n) is 5.35. The van der Waals surface area contributed by atoms with Crippen LogP contribution in [0.5, 0.6) is 5.75 Å². The largest absolute Gasteiger partial charge is 0.490 e. The minimum absolute atomic E-state index is 0.297. The molecule has 21 heavy (non-hydrogen) atoms. The van der Waals surface area contributed by atoms with Crippen molar-refractivity contribution in [2.24, 2.45) is 0 Å². The SMILES string of the molecule is CCCC(NC(=O)c1ccc(OC2CCC2)cc1)C(=O)O. The number of benzene rings is 1. The van der Waals surface area contributed by atoms with E-state index in [0.29, 0.717) is 24.5 Å². The summed E-state index contributed by atoms with van der Waals surface area (Å²) in [5.74, 6) is -0.624. The molecule has 0 spiro atoms.